The van der Waals surface area contributed by atoms with Gasteiger partial charge in [0.05, 0.1) is 37.6 Å². The minimum Gasteiger partial charge on any atom is -0.490 e. The van der Waals surface area contributed by atoms with Gasteiger partial charge < -0.3 is 24.5 Å². The van der Waals surface area contributed by atoms with Gasteiger partial charge in [-0.1, -0.05) is 6.07 Å². The number of rotatable bonds is 10. The minimum absolute atomic E-state index is 0.102. The van der Waals surface area contributed by atoms with Crippen molar-refractivity contribution in [1.29, 1.82) is 0 Å². The fraction of sp³-hybridized carbons (Fsp3) is 0.478. The number of ether oxygens (including phenoxy) is 3. The molecule has 0 radical (unpaired) electrons. The van der Waals surface area contributed by atoms with E-state index < -0.39 is 12.0 Å². The number of hydrogen-bond donors (Lipinski definition) is 2. The zero-order valence-electron chi connectivity index (χ0n) is 18.8. The summed E-state index contributed by atoms with van der Waals surface area (Å²) in [5.41, 5.74) is 3.04. The number of benzene rings is 1. The van der Waals surface area contributed by atoms with E-state index in [0.717, 1.165) is 5.56 Å². The quantitative estimate of drug-likeness (QED) is 0.447. The Morgan fingerprint density at radius 2 is 1.70 bits per heavy atom. The first kappa shape index (κ1) is 23.5. The summed E-state index contributed by atoms with van der Waals surface area (Å²) in [6.45, 7) is 12.2. The monoisotopic (exact) mass is 416 g/mol. The minimum atomic E-state index is -0.468. The van der Waals surface area contributed by atoms with Crippen molar-refractivity contribution in [2.75, 3.05) is 20.3 Å². The standard InChI is InChI=1S/C23H32N2O5/c1-8-29-18-11-10-17(12-19(18)30-9-2)14(4)24-16(6)22(26)21-13(3)20(15(5)25-21)23(27)28-7/h10-12,14,16,24-25H,8-9H2,1-7H3/t14-,16+/m1/s1. The summed E-state index contributed by atoms with van der Waals surface area (Å²) in [7, 11) is 1.33. The van der Waals surface area contributed by atoms with Gasteiger partial charge in [-0.2, -0.15) is 0 Å². The third-order valence-corrected chi connectivity index (χ3v) is 5.03. The van der Waals surface area contributed by atoms with Crippen molar-refractivity contribution < 1.29 is 23.8 Å². The van der Waals surface area contributed by atoms with E-state index in [1.54, 1.807) is 13.8 Å². The molecule has 0 saturated heterocycles. The van der Waals surface area contributed by atoms with Crippen LogP contribution in [0.25, 0.3) is 0 Å². The Labute approximate surface area is 178 Å². The molecule has 30 heavy (non-hydrogen) atoms. The first-order valence-corrected chi connectivity index (χ1v) is 10.2. The zero-order valence-corrected chi connectivity index (χ0v) is 18.8. The van der Waals surface area contributed by atoms with Crippen molar-refractivity contribution in [3.63, 3.8) is 0 Å². The third-order valence-electron chi connectivity index (χ3n) is 5.03. The first-order chi connectivity index (χ1) is 14.2. The molecule has 2 N–H and O–H groups in total. The molecule has 164 valence electrons. The zero-order chi connectivity index (χ0) is 22.4. The van der Waals surface area contributed by atoms with Crippen LogP contribution in [0.2, 0.25) is 0 Å². The van der Waals surface area contributed by atoms with E-state index in [9.17, 15) is 9.59 Å². The summed E-state index contributed by atoms with van der Waals surface area (Å²) >= 11 is 0. The predicted molar refractivity (Wildman–Crippen MR) is 116 cm³/mol. The third kappa shape index (κ3) is 5.02. The van der Waals surface area contributed by atoms with E-state index in [-0.39, 0.29) is 11.8 Å². The number of hydrogen-bond acceptors (Lipinski definition) is 6. The van der Waals surface area contributed by atoms with Crippen LogP contribution in [0.3, 0.4) is 0 Å². The molecule has 0 spiro atoms. The number of H-pyrrole nitrogens is 1. The molecular weight excluding hydrogens is 384 g/mol. The molecule has 0 unspecified atom stereocenters. The lowest BCUT2D eigenvalue weighted by Crippen LogP contribution is -2.36. The number of Topliss-reactive ketones (excluding diaryl/α,β-unsaturated/α-hetero) is 1. The SMILES string of the molecule is CCOc1ccc([C@@H](C)N[C@@H](C)C(=O)c2[nH]c(C)c(C(=O)OC)c2C)cc1OCC. The van der Waals surface area contributed by atoms with Crippen molar-refractivity contribution in [3.8, 4) is 11.5 Å². The number of carbonyl (C=O) groups excluding carboxylic acids is 2. The maximum atomic E-state index is 13.0. The maximum Gasteiger partial charge on any atom is 0.339 e. The number of esters is 1. The molecule has 1 heterocycles. The van der Waals surface area contributed by atoms with Crippen molar-refractivity contribution in [2.45, 2.75) is 53.6 Å². The molecule has 0 aliphatic rings. The largest absolute Gasteiger partial charge is 0.490 e. The molecule has 2 rings (SSSR count). The fourth-order valence-electron chi connectivity index (χ4n) is 3.51. The molecule has 7 heteroatoms. The van der Waals surface area contributed by atoms with Crippen molar-refractivity contribution >= 4 is 11.8 Å². The van der Waals surface area contributed by atoms with Gasteiger partial charge in [0.1, 0.15) is 0 Å². The molecule has 7 nitrogen and oxygen atoms in total. The topological polar surface area (TPSA) is 89.7 Å². The molecule has 0 amide bonds. The number of ketones is 1. The van der Waals surface area contributed by atoms with E-state index in [2.05, 4.69) is 10.3 Å². The van der Waals surface area contributed by atoms with Crippen LogP contribution in [0.15, 0.2) is 18.2 Å². The summed E-state index contributed by atoms with van der Waals surface area (Å²) in [5, 5.41) is 3.33. The van der Waals surface area contributed by atoms with E-state index in [4.69, 9.17) is 14.2 Å². The summed E-state index contributed by atoms with van der Waals surface area (Å²) in [5.74, 6) is 0.816. The number of nitrogens with one attached hydrogen (secondary N) is 2. The number of methoxy groups -OCH3 is 1. The van der Waals surface area contributed by atoms with Gasteiger partial charge in [0.2, 0.25) is 0 Å². The Morgan fingerprint density at radius 1 is 1.07 bits per heavy atom. The maximum absolute atomic E-state index is 13.0. The molecular formula is C23H32N2O5. The Bertz CT molecular complexity index is 903. The van der Waals surface area contributed by atoms with Gasteiger partial charge >= 0.3 is 5.97 Å². The number of carbonyl (C=O) groups is 2. The summed E-state index contributed by atoms with van der Waals surface area (Å²) in [6, 6.07) is 5.21. The average molecular weight is 417 g/mol. The molecule has 0 bridgehead atoms. The van der Waals surface area contributed by atoms with Crippen LogP contribution < -0.4 is 14.8 Å². The second kappa shape index (κ2) is 10.3. The van der Waals surface area contributed by atoms with E-state index in [1.165, 1.54) is 7.11 Å². The van der Waals surface area contributed by atoms with Gasteiger partial charge in [0.15, 0.2) is 17.3 Å². The van der Waals surface area contributed by atoms with E-state index in [0.29, 0.717) is 47.2 Å². The number of aromatic amines is 1. The Morgan fingerprint density at radius 3 is 2.30 bits per heavy atom. The normalized spacial score (nSPS) is 12.9. The summed E-state index contributed by atoms with van der Waals surface area (Å²) < 4.78 is 16.1. The van der Waals surface area contributed by atoms with Crippen LogP contribution in [0, 0.1) is 13.8 Å². The highest BCUT2D eigenvalue weighted by Gasteiger charge is 2.26. The van der Waals surface area contributed by atoms with Crippen LogP contribution in [0.5, 0.6) is 11.5 Å². The molecule has 0 aliphatic heterocycles. The molecule has 1 aromatic heterocycles. The van der Waals surface area contributed by atoms with Gasteiger partial charge in [-0.3, -0.25) is 4.79 Å². The average Bonchev–Trinajstić information content (AvgIpc) is 3.02. The molecule has 0 fully saturated rings. The highest BCUT2D eigenvalue weighted by molar-refractivity contribution is 6.03. The fourth-order valence-corrected chi connectivity index (χ4v) is 3.51. The van der Waals surface area contributed by atoms with Crippen LogP contribution >= 0.6 is 0 Å². The first-order valence-electron chi connectivity index (χ1n) is 10.2. The van der Waals surface area contributed by atoms with E-state index >= 15 is 0 Å². The smallest absolute Gasteiger partial charge is 0.339 e. The molecule has 2 aromatic rings. The van der Waals surface area contributed by atoms with Gasteiger partial charge in [0, 0.05) is 11.7 Å². The van der Waals surface area contributed by atoms with Crippen LogP contribution in [-0.2, 0) is 4.74 Å². The van der Waals surface area contributed by atoms with Crippen molar-refractivity contribution in [1.82, 2.24) is 10.3 Å². The molecule has 0 saturated carbocycles. The molecule has 1 aromatic carbocycles. The van der Waals surface area contributed by atoms with E-state index in [1.807, 2.05) is 45.9 Å². The second-order valence-electron chi connectivity index (χ2n) is 7.16. The van der Waals surface area contributed by atoms with Gasteiger partial charge in [0.25, 0.3) is 0 Å². The Balaban J connectivity index is 2.19. The van der Waals surface area contributed by atoms with Gasteiger partial charge in [-0.15, -0.1) is 0 Å². The lowest BCUT2D eigenvalue weighted by atomic mass is 10.0. The Kier molecular flexibility index (Phi) is 8.06. The van der Waals surface area contributed by atoms with Crippen LogP contribution in [0.1, 0.15) is 71.4 Å². The van der Waals surface area contributed by atoms with Crippen LogP contribution in [0.4, 0.5) is 0 Å². The lowest BCUT2D eigenvalue weighted by Gasteiger charge is -2.21. The van der Waals surface area contributed by atoms with Crippen molar-refractivity contribution in [2.24, 2.45) is 0 Å². The number of aromatic nitrogens is 1. The second-order valence-corrected chi connectivity index (χ2v) is 7.16. The highest BCUT2D eigenvalue weighted by Crippen LogP contribution is 2.31. The highest BCUT2D eigenvalue weighted by atomic mass is 16.5. The van der Waals surface area contributed by atoms with Gasteiger partial charge in [-0.25, -0.2) is 4.79 Å². The van der Waals surface area contributed by atoms with Gasteiger partial charge in [-0.05, 0) is 64.8 Å². The number of aryl methyl sites for hydroxylation is 1. The summed E-state index contributed by atoms with van der Waals surface area (Å²) in [4.78, 5) is 28.1. The molecule has 0 aliphatic carbocycles. The van der Waals surface area contributed by atoms with Crippen molar-refractivity contribution in [3.05, 3.63) is 46.3 Å². The Hall–Kier alpha value is -2.80. The lowest BCUT2D eigenvalue weighted by molar-refractivity contribution is 0.0599. The predicted octanol–water partition coefficient (Wildman–Crippen LogP) is 4.14. The summed E-state index contributed by atoms with van der Waals surface area (Å²) in [6.07, 6.45) is 0. The van der Waals surface area contributed by atoms with Crippen LogP contribution in [-0.4, -0.2) is 43.1 Å². The molecule has 2 atom stereocenters.